The van der Waals surface area contributed by atoms with E-state index in [-0.39, 0.29) is 0 Å². The fourth-order valence-electron chi connectivity index (χ4n) is 2.87. The summed E-state index contributed by atoms with van der Waals surface area (Å²) in [4.78, 5) is 0. The van der Waals surface area contributed by atoms with E-state index in [1.54, 1.807) is 11.1 Å². The molecular weight excluding hydrogens is 196 g/mol. The minimum Gasteiger partial charge on any atom is -0.310 e. The van der Waals surface area contributed by atoms with Crippen molar-refractivity contribution in [1.29, 1.82) is 0 Å². The molecule has 86 valence electrons. The summed E-state index contributed by atoms with van der Waals surface area (Å²) in [5.74, 6) is 0. The Kier molecular flexibility index (Phi) is 2.49. The second-order valence-electron chi connectivity index (χ2n) is 5.36. The molecule has 0 saturated heterocycles. The van der Waals surface area contributed by atoms with E-state index in [1.807, 2.05) is 0 Å². The molecular formula is C14H20N2. The van der Waals surface area contributed by atoms with Crippen molar-refractivity contribution in [2.75, 3.05) is 0 Å². The van der Waals surface area contributed by atoms with Gasteiger partial charge in [-0.2, -0.15) is 0 Å². The van der Waals surface area contributed by atoms with Crippen LogP contribution >= 0.6 is 0 Å². The van der Waals surface area contributed by atoms with E-state index in [9.17, 15) is 0 Å². The van der Waals surface area contributed by atoms with Crippen molar-refractivity contribution < 1.29 is 0 Å². The van der Waals surface area contributed by atoms with Gasteiger partial charge in [0.15, 0.2) is 0 Å². The van der Waals surface area contributed by atoms with Crippen LogP contribution in [-0.4, -0.2) is 12.1 Å². The van der Waals surface area contributed by atoms with Crippen molar-refractivity contribution in [1.82, 2.24) is 10.6 Å². The third-order valence-electron chi connectivity index (χ3n) is 3.86. The average Bonchev–Trinajstić information content (AvgIpc) is 2.26. The number of hydrogen-bond donors (Lipinski definition) is 2. The molecule has 0 spiro atoms. The highest BCUT2D eigenvalue weighted by atomic mass is 14.9. The molecule has 0 amide bonds. The van der Waals surface area contributed by atoms with E-state index in [0.29, 0.717) is 12.1 Å². The maximum Gasteiger partial charge on any atom is 0.0210 e. The van der Waals surface area contributed by atoms with Gasteiger partial charge in [-0.05, 0) is 48.9 Å². The Labute approximate surface area is 97.4 Å². The molecule has 2 aliphatic heterocycles. The Morgan fingerprint density at radius 1 is 0.812 bits per heavy atom. The molecule has 0 radical (unpaired) electrons. The molecule has 3 rings (SSSR count). The maximum atomic E-state index is 3.53. The molecule has 0 saturated carbocycles. The molecule has 0 aliphatic carbocycles. The lowest BCUT2D eigenvalue weighted by molar-refractivity contribution is 0.497. The Bertz CT molecular complexity index is 376. The molecule has 0 fully saturated rings. The molecule has 0 bridgehead atoms. The lowest BCUT2D eigenvalue weighted by atomic mass is 9.88. The molecule has 2 N–H and O–H groups in total. The molecule has 1 aromatic carbocycles. The SMILES string of the molecule is CC1Cc2cc3c(cc2CN1)CNC(C)C3. The van der Waals surface area contributed by atoms with Crippen LogP contribution in [0, 0.1) is 0 Å². The molecule has 0 aromatic heterocycles. The summed E-state index contributed by atoms with van der Waals surface area (Å²) in [6.45, 7) is 6.62. The zero-order chi connectivity index (χ0) is 11.1. The highest BCUT2D eigenvalue weighted by molar-refractivity contribution is 5.41. The summed E-state index contributed by atoms with van der Waals surface area (Å²) >= 11 is 0. The van der Waals surface area contributed by atoms with Crippen molar-refractivity contribution in [2.45, 2.75) is 51.9 Å². The number of hydrogen-bond acceptors (Lipinski definition) is 2. The Morgan fingerprint density at radius 2 is 1.25 bits per heavy atom. The van der Waals surface area contributed by atoms with Gasteiger partial charge >= 0.3 is 0 Å². The van der Waals surface area contributed by atoms with E-state index in [1.165, 1.54) is 24.0 Å². The zero-order valence-corrected chi connectivity index (χ0v) is 10.1. The van der Waals surface area contributed by atoms with E-state index in [0.717, 1.165) is 13.1 Å². The van der Waals surface area contributed by atoms with Gasteiger partial charge in [-0.15, -0.1) is 0 Å². The van der Waals surface area contributed by atoms with Crippen LogP contribution in [0.25, 0.3) is 0 Å². The second kappa shape index (κ2) is 3.86. The zero-order valence-electron chi connectivity index (χ0n) is 10.1. The van der Waals surface area contributed by atoms with Crippen LogP contribution in [0.5, 0.6) is 0 Å². The van der Waals surface area contributed by atoms with E-state index < -0.39 is 0 Å². The van der Waals surface area contributed by atoms with Crippen LogP contribution in [0.3, 0.4) is 0 Å². The summed E-state index contributed by atoms with van der Waals surface area (Å²) in [7, 11) is 0. The second-order valence-corrected chi connectivity index (χ2v) is 5.36. The molecule has 2 heteroatoms. The fraction of sp³-hybridized carbons (Fsp3) is 0.571. The van der Waals surface area contributed by atoms with Crippen molar-refractivity contribution in [2.24, 2.45) is 0 Å². The molecule has 16 heavy (non-hydrogen) atoms. The van der Waals surface area contributed by atoms with Crippen LogP contribution in [0.4, 0.5) is 0 Å². The highest BCUT2D eigenvalue weighted by Gasteiger charge is 2.20. The summed E-state index contributed by atoms with van der Waals surface area (Å²) in [5.41, 5.74) is 6.15. The van der Waals surface area contributed by atoms with Crippen molar-refractivity contribution >= 4 is 0 Å². The molecule has 2 aliphatic rings. The highest BCUT2D eigenvalue weighted by Crippen LogP contribution is 2.25. The van der Waals surface area contributed by atoms with Crippen LogP contribution < -0.4 is 10.6 Å². The monoisotopic (exact) mass is 216 g/mol. The summed E-state index contributed by atoms with van der Waals surface area (Å²) in [6, 6.07) is 6.12. The predicted molar refractivity (Wildman–Crippen MR) is 66.5 cm³/mol. The first kappa shape index (κ1) is 10.3. The van der Waals surface area contributed by atoms with E-state index >= 15 is 0 Å². The Balaban J connectivity index is 1.99. The number of fused-ring (bicyclic) bond motifs is 2. The molecule has 2 nitrogen and oxygen atoms in total. The summed E-state index contributed by atoms with van der Waals surface area (Å²) < 4.78 is 0. The smallest absolute Gasteiger partial charge is 0.0210 e. The third kappa shape index (κ3) is 1.76. The van der Waals surface area contributed by atoms with Crippen molar-refractivity contribution in [3.63, 3.8) is 0 Å². The predicted octanol–water partition coefficient (Wildman–Crippen LogP) is 1.75. The summed E-state index contributed by atoms with van der Waals surface area (Å²) in [6.07, 6.45) is 2.37. The minimum atomic E-state index is 0.629. The maximum absolute atomic E-state index is 3.53. The normalized spacial score (nSPS) is 28.4. The number of benzene rings is 1. The topological polar surface area (TPSA) is 24.1 Å². The largest absolute Gasteiger partial charge is 0.310 e. The number of nitrogens with one attached hydrogen (secondary N) is 2. The van der Waals surface area contributed by atoms with Crippen LogP contribution in [0.2, 0.25) is 0 Å². The lowest BCUT2D eigenvalue weighted by Gasteiger charge is -2.29. The van der Waals surface area contributed by atoms with Gasteiger partial charge in [0.25, 0.3) is 0 Å². The average molecular weight is 216 g/mol. The van der Waals surface area contributed by atoms with Gasteiger partial charge in [-0.3, -0.25) is 0 Å². The van der Waals surface area contributed by atoms with Crippen molar-refractivity contribution in [3.8, 4) is 0 Å². The third-order valence-corrected chi connectivity index (χ3v) is 3.86. The Hall–Kier alpha value is -0.860. The Morgan fingerprint density at radius 3 is 1.75 bits per heavy atom. The van der Waals surface area contributed by atoms with Gasteiger partial charge in [-0.1, -0.05) is 12.1 Å². The molecule has 2 atom stereocenters. The first-order valence-electron chi connectivity index (χ1n) is 6.32. The van der Waals surface area contributed by atoms with Crippen molar-refractivity contribution in [3.05, 3.63) is 34.4 Å². The molecule has 1 aromatic rings. The van der Waals surface area contributed by atoms with Gasteiger partial charge in [0, 0.05) is 25.2 Å². The lowest BCUT2D eigenvalue weighted by Crippen LogP contribution is -2.36. The van der Waals surface area contributed by atoms with Gasteiger partial charge in [0.2, 0.25) is 0 Å². The van der Waals surface area contributed by atoms with E-state index in [2.05, 4.69) is 36.6 Å². The minimum absolute atomic E-state index is 0.629. The molecule has 2 unspecified atom stereocenters. The van der Waals surface area contributed by atoms with Crippen LogP contribution in [0.1, 0.15) is 36.1 Å². The summed E-state index contributed by atoms with van der Waals surface area (Å²) in [5, 5.41) is 7.07. The van der Waals surface area contributed by atoms with Crippen LogP contribution in [-0.2, 0) is 25.9 Å². The van der Waals surface area contributed by atoms with E-state index in [4.69, 9.17) is 0 Å². The number of rotatable bonds is 0. The first-order chi connectivity index (χ1) is 7.72. The van der Waals surface area contributed by atoms with Gasteiger partial charge < -0.3 is 10.6 Å². The van der Waals surface area contributed by atoms with Gasteiger partial charge in [0.05, 0.1) is 0 Å². The van der Waals surface area contributed by atoms with Gasteiger partial charge in [0.1, 0.15) is 0 Å². The standard InChI is InChI=1S/C14H20N2/c1-9-3-11-5-12-4-10(2)16-8-14(12)6-13(11)7-15-9/h5-6,9-10,15-16H,3-4,7-8H2,1-2H3. The van der Waals surface area contributed by atoms with Gasteiger partial charge in [-0.25, -0.2) is 0 Å². The first-order valence-corrected chi connectivity index (χ1v) is 6.32. The quantitative estimate of drug-likeness (QED) is 0.690. The van der Waals surface area contributed by atoms with Crippen LogP contribution in [0.15, 0.2) is 12.1 Å². The molecule has 2 heterocycles. The fourth-order valence-corrected chi connectivity index (χ4v) is 2.87.